The fraction of sp³-hybridized carbons (Fsp3) is 0.533. The third kappa shape index (κ3) is 3.31. The second kappa shape index (κ2) is 6.36. The molecule has 6 nitrogen and oxygen atoms in total. The first-order valence-corrected chi connectivity index (χ1v) is 9.06. The SMILES string of the molecule is CN1CCN(S(=O)(=O)c2ccc(NC3CC=CC3)nc2)CC1. The summed E-state index contributed by atoms with van der Waals surface area (Å²) in [6.07, 6.45) is 7.72. The zero-order chi connectivity index (χ0) is 15.6. The van der Waals surface area contributed by atoms with Crippen LogP contribution in [0.25, 0.3) is 0 Å². The molecule has 1 aliphatic carbocycles. The second-order valence-corrected chi connectivity index (χ2v) is 7.81. The Morgan fingerprint density at radius 1 is 1.14 bits per heavy atom. The number of sulfonamides is 1. The molecule has 3 rings (SSSR count). The number of hydrogen-bond acceptors (Lipinski definition) is 5. The normalized spacial score (nSPS) is 21.3. The Kier molecular flexibility index (Phi) is 4.46. The number of nitrogens with zero attached hydrogens (tertiary/aromatic N) is 3. The number of hydrogen-bond donors (Lipinski definition) is 1. The maximum absolute atomic E-state index is 12.6. The van der Waals surface area contributed by atoms with Gasteiger partial charge in [-0.05, 0) is 32.0 Å². The summed E-state index contributed by atoms with van der Waals surface area (Å²) in [6.45, 7) is 2.60. The summed E-state index contributed by atoms with van der Waals surface area (Å²) < 4.78 is 26.7. The number of piperazine rings is 1. The monoisotopic (exact) mass is 322 g/mol. The summed E-state index contributed by atoms with van der Waals surface area (Å²) in [6, 6.07) is 3.76. The van der Waals surface area contributed by atoms with Crippen LogP contribution in [0.3, 0.4) is 0 Å². The van der Waals surface area contributed by atoms with Gasteiger partial charge in [0.1, 0.15) is 10.7 Å². The van der Waals surface area contributed by atoms with Crippen molar-refractivity contribution in [1.82, 2.24) is 14.2 Å². The lowest BCUT2D eigenvalue weighted by atomic mass is 10.2. The third-order valence-corrected chi connectivity index (χ3v) is 6.08. The van der Waals surface area contributed by atoms with E-state index in [4.69, 9.17) is 0 Å². The van der Waals surface area contributed by atoms with Crippen LogP contribution in [0.2, 0.25) is 0 Å². The van der Waals surface area contributed by atoms with Crippen LogP contribution in [0.4, 0.5) is 5.82 Å². The first kappa shape index (κ1) is 15.5. The minimum atomic E-state index is -3.43. The Balaban J connectivity index is 1.68. The molecule has 1 aromatic rings. The van der Waals surface area contributed by atoms with Gasteiger partial charge in [-0.3, -0.25) is 0 Å². The quantitative estimate of drug-likeness (QED) is 0.843. The van der Waals surface area contributed by atoms with Crippen molar-refractivity contribution >= 4 is 15.8 Å². The number of nitrogens with one attached hydrogen (secondary N) is 1. The van der Waals surface area contributed by atoms with Gasteiger partial charge >= 0.3 is 0 Å². The molecule has 1 saturated heterocycles. The van der Waals surface area contributed by atoms with Crippen molar-refractivity contribution in [3.8, 4) is 0 Å². The van der Waals surface area contributed by atoms with Crippen molar-refractivity contribution in [2.45, 2.75) is 23.8 Å². The molecule has 7 heteroatoms. The van der Waals surface area contributed by atoms with E-state index >= 15 is 0 Å². The average Bonchev–Trinajstić information content (AvgIpc) is 3.01. The van der Waals surface area contributed by atoms with Crippen molar-refractivity contribution in [3.63, 3.8) is 0 Å². The number of rotatable bonds is 4. The molecule has 0 aromatic carbocycles. The van der Waals surface area contributed by atoms with E-state index in [2.05, 4.69) is 27.4 Å². The van der Waals surface area contributed by atoms with E-state index in [9.17, 15) is 8.42 Å². The zero-order valence-corrected chi connectivity index (χ0v) is 13.6. The summed E-state index contributed by atoms with van der Waals surface area (Å²) in [4.78, 5) is 6.67. The van der Waals surface area contributed by atoms with Gasteiger partial charge in [0.15, 0.2) is 0 Å². The van der Waals surface area contributed by atoms with E-state index in [0.717, 1.165) is 31.7 Å². The van der Waals surface area contributed by atoms with Crippen LogP contribution in [-0.2, 0) is 10.0 Å². The van der Waals surface area contributed by atoms with E-state index in [1.165, 1.54) is 10.5 Å². The predicted molar refractivity (Wildman–Crippen MR) is 86.3 cm³/mol. The van der Waals surface area contributed by atoms with Gasteiger partial charge < -0.3 is 10.2 Å². The van der Waals surface area contributed by atoms with Gasteiger partial charge in [0.2, 0.25) is 10.0 Å². The van der Waals surface area contributed by atoms with Crippen LogP contribution in [0.1, 0.15) is 12.8 Å². The molecule has 22 heavy (non-hydrogen) atoms. The maximum atomic E-state index is 12.6. The molecule has 1 aromatic heterocycles. The Hall–Kier alpha value is -1.44. The van der Waals surface area contributed by atoms with E-state index in [1.54, 1.807) is 12.1 Å². The lowest BCUT2D eigenvalue weighted by Gasteiger charge is -2.31. The highest BCUT2D eigenvalue weighted by Crippen LogP contribution is 2.20. The van der Waals surface area contributed by atoms with Gasteiger partial charge in [-0.25, -0.2) is 13.4 Å². The smallest absolute Gasteiger partial charge is 0.244 e. The molecule has 1 fully saturated rings. The Morgan fingerprint density at radius 2 is 1.82 bits per heavy atom. The zero-order valence-electron chi connectivity index (χ0n) is 12.8. The van der Waals surface area contributed by atoms with Crippen LogP contribution < -0.4 is 5.32 Å². The van der Waals surface area contributed by atoms with Gasteiger partial charge in [-0.2, -0.15) is 4.31 Å². The van der Waals surface area contributed by atoms with Gasteiger partial charge in [0.05, 0.1) is 0 Å². The molecule has 2 aliphatic rings. The molecular weight excluding hydrogens is 300 g/mol. The lowest BCUT2D eigenvalue weighted by molar-refractivity contribution is 0.222. The highest BCUT2D eigenvalue weighted by Gasteiger charge is 2.27. The highest BCUT2D eigenvalue weighted by molar-refractivity contribution is 7.89. The van der Waals surface area contributed by atoms with Crippen molar-refractivity contribution < 1.29 is 8.42 Å². The fourth-order valence-corrected chi connectivity index (χ4v) is 4.11. The largest absolute Gasteiger partial charge is 0.367 e. The average molecular weight is 322 g/mol. The van der Waals surface area contributed by atoms with Crippen molar-refractivity contribution in [2.75, 3.05) is 38.5 Å². The van der Waals surface area contributed by atoms with Crippen LogP contribution in [0.5, 0.6) is 0 Å². The lowest BCUT2D eigenvalue weighted by Crippen LogP contribution is -2.47. The minimum absolute atomic E-state index is 0.271. The van der Waals surface area contributed by atoms with Crippen LogP contribution in [-0.4, -0.2) is 61.9 Å². The van der Waals surface area contributed by atoms with Crippen LogP contribution in [0.15, 0.2) is 35.4 Å². The summed E-state index contributed by atoms with van der Waals surface area (Å²) >= 11 is 0. The molecule has 0 atom stereocenters. The summed E-state index contributed by atoms with van der Waals surface area (Å²) in [5, 5.41) is 3.32. The molecule has 0 radical (unpaired) electrons. The topological polar surface area (TPSA) is 65.5 Å². The molecule has 0 unspecified atom stereocenters. The maximum Gasteiger partial charge on any atom is 0.244 e. The third-order valence-electron chi connectivity index (χ3n) is 4.20. The summed E-state index contributed by atoms with van der Waals surface area (Å²) in [5.41, 5.74) is 0. The molecule has 120 valence electrons. The van der Waals surface area contributed by atoms with E-state index in [0.29, 0.717) is 19.1 Å². The van der Waals surface area contributed by atoms with Crippen LogP contribution >= 0.6 is 0 Å². The van der Waals surface area contributed by atoms with Crippen molar-refractivity contribution in [2.24, 2.45) is 0 Å². The van der Waals surface area contributed by atoms with Crippen molar-refractivity contribution in [1.29, 1.82) is 0 Å². The summed E-state index contributed by atoms with van der Waals surface area (Å²) in [7, 11) is -1.42. The first-order valence-electron chi connectivity index (χ1n) is 7.62. The van der Waals surface area contributed by atoms with E-state index < -0.39 is 10.0 Å². The van der Waals surface area contributed by atoms with Gasteiger partial charge in [-0.1, -0.05) is 12.2 Å². The summed E-state index contributed by atoms with van der Waals surface area (Å²) in [5.74, 6) is 0.728. The molecular formula is C15H22N4O2S. The number of anilines is 1. The first-order chi connectivity index (χ1) is 10.6. The Labute approximate surface area is 131 Å². The Bertz CT molecular complexity index is 626. The second-order valence-electron chi connectivity index (χ2n) is 5.87. The van der Waals surface area contributed by atoms with Crippen LogP contribution in [0, 0.1) is 0 Å². The number of pyridine rings is 1. The van der Waals surface area contributed by atoms with E-state index in [-0.39, 0.29) is 4.90 Å². The fourth-order valence-electron chi connectivity index (χ4n) is 2.74. The molecule has 0 spiro atoms. The van der Waals surface area contributed by atoms with Crippen molar-refractivity contribution in [3.05, 3.63) is 30.5 Å². The Morgan fingerprint density at radius 3 is 2.41 bits per heavy atom. The number of likely N-dealkylation sites (N-methyl/N-ethyl adjacent to an activating group) is 1. The standard InChI is InChI=1S/C15H22N4O2S/c1-18-8-10-19(11-9-18)22(20,21)14-6-7-15(16-12-14)17-13-4-2-3-5-13/h2-3,6-7,12-13H,4-5,8-11H2,1H3,(H,16,17). The highest BCUT2D eigenvalue weighted by atomic mass is 32.2. The van der Waals surface area contributed by atoms with E-state index in [1.807, 2.05) is 7.05 Å². The number of aromatic nitrogens is 1. The van der Waals surface area contributed by atoms with Gasteiger partial charge in [-0.15, -0.1) is 0 Å². The van der Waals surface area contributed by atoms with Gasteiger partial charge in [0, 0.05) is 38.4 Å². The molecule has 1 N–H and O–H groups in total. The molecule has 0 amide bonds. The van der Waals surface area contributed by atoms with Gasteiger partial charge in [0.25, 0.3) is 0 Å². The molecule has 1 aliphatic heterocycles. The molecule has 2 heterocycles. The predicted octanol–water partition coefficient (Wildman–Crippen LogP) is 1.15. The molecule has 0 saturated carbocycles. The molecule has 0 bridgehead atoms. The minimum Gasteiger partial charge on any atom is -0.367 e.